The molecule has 2 saturated heterocycles. The minimum absolute atomic E-state index is 0.126. The lowest BCUT2D eigenvalue weighted by Gasteiger charge is -2.35. The van der Waals surface area contributed by atoms with Gasteiger partial charge in [0.2, 0.25) is 5.91 Å². The average molecular weight is 450 g/mol. The zero-order valence-corrected chi connectivity index (χ0v) is 19.2. The molecule has 1 amide bonds. The predicted molar refractivity (Wildman–Crippen MR) is 126 cm³/mol. The van der Waals surface area contributed by atoms with Gasteiger partial charge >= 0.3 is 0 Å². The Morgan fingerprint density at radius 1 is 1.18 bits per heavy atom. The maximum absolute atomic E-state index is 12.7. The van der Waals surface area contributed by atoms with Crippen molar-refractivity contribution in [3.63, 3.8) is 0 Å². The lowest BCUT2D eigenvalue weighted by atomic mass is 10.0. The fourth-order valence-electron chi connectivity index (χ4n) is 4.83. The Hall–Kier alpha value is -3.41. The van der Waals surface area contributed by atoms with Crippen molar-refractivity contribution >= 4 is 17.4 Å². The molecule has 4 heterocycles. The van der Waals surface area contributed by atoms with Gasteiger partial charge in [0, 0.05) is 56.9 Å². The molecule has 2 fully saturated rings. The topological polar surface area (TPSA) is 109 Å². The van der Waals surface area contributed by atoms with Crippen LogP contribution >= 0.6 is 0 Å². The van der Waals surface area contributed by atoms with Crippen LogP contribution in [0, 0.1) is 18.3 Å². The van der Waals surface area contributed by atoms with E-state index in [1.165, 1.54) is 0 Å². The van der Waals surface area contributed by atoms with Crippen molar-refractivity contribution in [1.29, 1.82) is 5.26 Å². The number of unbranched alkanes of at least 4 members (excludes halogenated alkanes) is 1. The molecule has 9 heteroatoms. The number of nitrogens with zero attached hydrogens (tertiary/aromatic N) is 6. The van der Waals surface area contributed by atoms with Gasteiger partial charge in [-0.25, -0.2) is 10.1 Å². The fourth-order valence-corrected chi connectivity index (χ4v) is 4.83. The number of aromatic nitrogens is 3. The molecule has 1 atom stereocenters. The van der Waals surface area contributed by atoms with Gasteiger partial charge in [0.25, 0.3) is 5.56 Å². The molecule has 0 bridgehead atoms. The molecule has 2 aliphatic rings. The summed E-state index contributed by atoms with van der Waals surface area (Å²) in [6.45, 7) is 5.71. The molecule has 4 rings (SSSR count). The van der Waals surface area contributed by atoms with Crippen LogP contribution < -0.4 is 15.4 Å². The molecule has 33 heavy (non-hydrogen) atoms. The Morgan fingerprint density at radius 2 is 2.00 bits per heavy atom. The number of nitriles is 1. The summed E-state index contributed by atoms with van der Waals surface area (Å²) in [5.41, 5.74) is 2.09. The van der Waals surface area contributed by atoms with E-state index < -0.39 is 0 Å². The number of piperazine rings is 1. The van der Waals surface area contributed by atoms with Crippen LogP contribution in [-0.4, -0.2) is 64.8 Å². The second-order valence-corrected chi connectivity index (χ2v) is 8.83. The second-order valence-electron chi connectivity index (χ2n) is 8.83. The van der Waals surface area contributed by atoms with Crippen molar-refractivity contribution < 1.29 is 4.79 Å². The summed E-state index contributed by atoms with van der Waals surface area (Å²) >= 11 is 0. The van der Waals surface area contributed by atoms with Gasteiger partial charge in [0.15, 0.2) is 0 Å². The van der Waals surface area contributed by atoms with Crippen LogP contribution in [0.4, 0.5) is 11.5 Å². The van der Waals surface area contributed by atoms with Crippen molar-refractivity contribution in [2.75, 3.05) is 42.5 Å². The molecule has 0 unspecified atom stereocenters. The first kappa shape index (κ1) is 22.8. The number of aromatic amines is 1. The van der Waals surface area contributed by atoms with Crippen LogP contribution in [0.2, 0.25) is 0 Å². The zero-order chi connectivity index (χ0) is 23.2. The van der Waals surface area contributed by atoms with Crippen molar-refractivity contribution in [3.05, 3.63) is 46.0 Å². The molecule has 174 valence electrons. The lowest BCUT2D eigenvalue weighted by molar-refractivity contribution is -0.131. The van der Waals surface area contributed by atoms with Gasteiger partial charge < -0.3 is 14.7 Å². The molecule has 2 aliphatic heterocycles. The van der Waals surface area contributed by atoms with E-state index in [1.807, 2.05) is 17.9 Å². The summed E-state index contributed by atoms with van der Waals surface area (Å²) in [6, 6.07) is 6.13. The minimum Gasteiger partial charge on any atom is -0.367 e. The number of anilines is 2. The van der Waals surface area contributed by atoms with E-state index in [4.69, 9.17) is 5.26 Å². The summed E-state index contributed by atoms with van der Waals surface area (Å²) < 4.78 is 0. The molecule has 1 N–H and O–H groups in total. The van der Waals surface area contributed by atoms with E-state index in [2.05, 4.69) is 31.1 Å². The highest BCUT2D eigenvalue weighted by Gasteiger charge is 2.27. The molecule has 2 aromatic rings. The molecular formula is C24H31N7O2. The average Bonchev–Trinajstić information content (AvgIpc) is 3.32. The lowest BCUT2D eigenvalue weighted by Crippen LogP contribution is -2.49. The van der Waals surface area contributed by atoms with Crippen molar-refractivity contribution in [2.45, 2.75) is 51.5 Å². The van der Waals surface area contributed by atoms with E-state index in [0.717, 1.165) is 68.8 Å². The summed E-state index contributed by atoms with van der Waals surface area (Å²) in [7, 11) is 0. The van der Waals surface area contributed by atoms with Gasteiger partial charge in [0.05, 0.1) is 17.4 Å². The first-order valence-electron chi connectivity index (χ1n) is 11.8. The van der Waals surface area contributed by atoms with Crippen LogP contribution in [0.3, 0.4) is 0 Å². The first-order valence-corrected chi connectivity index (χ1v) is 11.8. The molecule has 0 radical (unpaired) electrons. The number of carbonyl (C=O) groups excluding carboxylic acids is 1. The second kappa shape index (κ2) is 10.5. The Bertz CT molecular complexity index is 1050. The molecule has 0 aromatic carbocycles. The Labute approximate surface area is 194 Å². The third-order valence-electron chi connectivity index (χ3n) is 6.78. The summed E-state index contributed by atoms with van der Waals surface area (Å²) in [4.78, 5) is 35.4. The molecule has 0 spiro atoms. The smallest absolute Gasteiger partial charge is 0.269 e. The van der Waals surface area contributed by atoms with E-state index in [-0.39, 0.29) is 11.5 Å². The molecule has 0 aliphatic carbocycles. The van der Waals surface area contributed by atoms with Gasteiger partial charge in [-0.2, -0.15) is 10.4 Å². The van der Waals surface area contributed by atoms with Crippen molar-refractivity contribution in [3.8, 4) is 6.07 Å². The number of H-pyrrole nitrogens is 1. The highest BCUT2D eigenvalue weighted by Crippen LogP contribution is 2.29. The summed E-state index contributed by atoms with van der Waals surface area (Å²) in [6.07, 6.45) is 9.06. The van der Waals surface area contributed by atoms with Gasteiger partial charge in [-0.15, -0.1) is 0 Å². The van der Waals surface area contributed by atoms with Crippen LogP contribution in [0.1, 0.15) is 49.7 Å². The van der Waals surface area contributed by atoms with Crippen molar-refractivity contribution in [2.24, 2.45) is 0 Å². The number of amides is 1. The predicted octanol–water partition coefficient (Wildman–Crippen LogP) is 2.22. The third kappa shape index (κ3) is 5.33. The SMILES string of the molecule is Cc1c(N2CCC[C@H]2CCCCC(=O)N2CCN(c3ccc(C#N)cn3)CC2)cn[nH]c1=O. The highest BCUT2D eigenvalue weighted by atomic mass is 16.2. The van der Waals surface area contributed by atoms with Crippen molar-refractivity contribution in [1.82, 2.24) is 20.1 Å². The number of rotatable bonds is 7. The van der Waals surface area contributed by atoms with Crippen LogP contribution in [-0.2, 0) is 4.79 Å². The Balaban J connectivity index is 1.19. The van der Waals surface area contributed by atoms with Gasteiger partial charge in [-0.1, -0.05) is 6.42 Å². The number of nitrogens with one attached hydrogen (secondary N) is 1. The number of hydrogen-bond acceptors (Lipinski definition) is 7. The minimum atomic E-state index is -0.126. The molecular weight excluding hydrogens is 418 g/mol. The fraction of sp³-hybridized carbons (Fsp3) is 0.542. The first-order chi connectivity index (χ1) is 16.1. The van der Waals surface area contributed by atoms with Gasteiger partial charge in [0.1, 0.15) is 11.9 Å². The Morgan fingerprint density at radius 3 is 2.73 bits per heavy atom. The van der Waals surface area contributed by atoms with E-state index in [9.17, 15) is 9.59 Å². The third-order valence-corrected chi connectivity index (χ3v) is 6.78. The van der Waals surface area contributed by atoms with Crippen LogP contribution in [0.15, 0.2) is 29.3 Å². The standard InChI is InChI=1S/C24H31N7O2/c1-18-21(17-27-28-24(18)33)31-10-4-6-20(31)5-2-3-7-23(32)30-13-11-29(12-14-30)22-9-8-19(15-25)16-26-22/h8-9,16-17,20H,2-7,10-14H2,1H3,(H,28,33)/t20-/m1/s1. The van der Waals surface area contributed by atoms with E-state index in [1.54, 1.807) is 18.5 Å². The largest absolute Gasteiger partial charge is 0.367 e. The van der Waals surface area contributed by atoms with Gasteiger partial charge in [-0.05, 0) is 44.7 Å². The number of carbonyl (C=O) groups is 1. The molecule has 0 saturated carbocycles. The normalized spacial score (nSPS) is 18.4. The summed E-state index contributed by atoms with van der Waals surface area (Å²) in [5.74, 6) is 1.08. The van der Waals surface area contributed by atoms with Crippen LogP contribution in [0.25, 0.3) is 0 Å². The quantitative estimate of drug-likeness (QED) is 0.646. The monoisotopic (exact) mass is 449 g/mol. The summed E-state index contributed by atoms with van der Waals surface area (Å²) in [5, 5.41) is 15.4. The zero-order valence-electron chi connectivity index (χ0n) is 19.2. The maximum atomic E-state index is 12.7. The highest BCUT2D eigenvalue weighted by molar-refractivity contribution is 5.76. The number of pyridine rings is 1. The van der Waals surface area contributed by atoms with Gasteiger partial charge in [-0.3, -0.25) is 9.59 Å². The van der Waals surface area contributed by atoms with E-state index >= 15 is 0 Å². The number of hydrogen-bond donors (Lipinski definition) is 1. The molecule has 9 nitrogen and oxygen atoms in total. The van der Waals surface area contributed by atoms with E-state index in [0.29, 0.717) is 31.1 Å². The maximum Gasteiger partial charge on any atom is 0.269 e. The van der Waals surface area contributed by atoms with Crippen LogP contribution in [0.5, 0.6) is 0 Å². The molecule has 2 aromatic heterocycles. The Kier molecular flexibility index (Phi) is 7.23.